The summed E-state index contributed by atoms with van der Waals surface area (Å²) >= 11 is 0. The molecule has 18 heavy (non-hydrogen) atoms. The lowest BCUT2D eigenvalue weighted by molar-refractivity contribution is 0.386. The van der Waals surface area contributed by atoms with E-state index in [1.807, 2.05) is 6.07 Å². The van der Waals surface area contributed by atoms with E-state index in [0.29, 0.717) is 11.7 Å². The highest BCUT2D eigenvalue weighted by Crippen LogP contribution is 2.25. The van der Waals surface area contributed by atoms with Gasteiger partial charge < -0.3 is 15.0 Å². The van der Waals surface area contributed by atoms with Crippen molar-refractivity contribution in [2.24, 2.45) is 5.92 Å². The van der Waals surface area contributed by atoms with Crippen molar-refractivity contribution in [2.45, 2.75) is 13.3 Å². The van der Waals surface area contributed by atoms with Gasteiger partial charge in [0, 0.05) is 24.8 Å². The maximum absolute atomic E-state index is 13.4. The first-order chi connectivity index (χ1) is 8.70. The van der Waals surface area contributed by atoms with E-state index in [1.54, 1.807) is 6.07 Å². The number of nitrogens with zero attached hydrogens (tertiary/aromatic N) is 1. The van der Waals surface area contributed by atoms with Gasteiger partial charge in [0.25, 0.3) is 0 Å². The molecule has 0 radical (unpaired) electrons. The molecule has 0 aromatic heterocycles. The van der Waals surface area contributed by atoms with E-state index < -0.39 is 0 Å². The van der Waals surface area contributed by atoms with Crippen LogP contribution in [-0.2, 0) is 0 Å². The molecule has 3 nitrogen and oxygen atoms in total. The molecule has 1 aromatic carbocycles. The van der Waals surface area contributed by atoms with E-state index >= 15 is 0 Å². The first kappa shape index (κ1) is 13.1. The molecule has 0 aliphatic carbocycles. The van der Waals surface area contributed by atoms with Gasteiger partial charge in [-0.05, 0) is 37.6 Å². The third-order valence-electron chi connectivity index (χ3n) is 3.31. The van der Waals surface area contributed by atoms with Gasteiger partial charge in [0.2, 0.25) is 0 Å². The highest BCUT2D eigenvalue weighted by molar-refractivity contribution is 5.51. The van der Waals surface area contributed by atoms with Gasteiger partial charge in [-0.1, -0.05) is 6.92 Å². The van der Waals surface area contributed by atoms with Gasteiger partial charge >= 0.3 is 0 Å². The number of benzene rings is 1. The third-order valence-corrected chi connectivity index (χ3v) is 3.31. The third kappa shape index (κ3) is 3.13. The zero-order valence-electron chi connectivity index (χ0n) is 11.1. The summed E-state index contributed by atoms with van der Waals surface area (Å²) in [5.74, 6) is 0.602. The van der Waals surface area contributed by atoms with Crippen LogP contribution in [0.3, 0.4) is 0 Å². The summed E-state index contributed by atoms with van der Waals surface area (Å²) in [6.45, 7) is 6.29. The minimum atomic E-state index is -0.303. The number of halogens is 1. The summed E-state index contributed by atoms with van der Waals surface area (Å²) in [6, 6.07) is 5.10. The average Bonchev–Trinajstić information content (AvgIpc) is 2.34. The fourth-order valence-corrected chi connectivity index (χ4v) is 2.36. The summed E-state index contributed by atoms with van der Waals surface area (Å²) < 4.78 is 18.5. The standard InChI is InChI=1S/C14H21FN2O/c1-11-9-16-6-3-7-17(10-11)12-4-5-13(15)14(8-12)18-2/h4-5,8,11,16H,3,6-7,9-10H2,1-2H3. The molecule has 0 spiro atoms. The number of hydrogen-bond acceptors (Lipinski definition) is 3. The quantitative estimate of drug-likeness (QED) is 0.874. The molecule has 1 N–H and O–H groups in total. The van der Waals surface area contributed by atoms with Crippen molar-refractivity contribution in [1.29, 1.82) is 0 Å². The highest BCUT2D eigenvalue weighted by Gasteiger charge is 2.15. The molecule has 1 heterocycles. The molecule has 1 aliphatic heterocycles. The van der Waals surface area contributed by atoms with E-state index in [4.69, 9.17) is 4.74 Å². The smallest absolute Gasteiger partial charge is 0.165 e. The van der Waals surface area contributed by atoms with Crippen molar-refractivity contribution >= 4 is 5.69 Å². The van der Waals surface area contributed by atoms with E-state index in [2.05, 4.69) is 17.1 Å². The summed E-state index contributed by atoms with van der Waals surface area (Å²) in [7, 11) is 1.50. The Kier molecular flexibility index (Phi) is 4.42. The molecule has 1 aromatic rings. The fraction of sp³-hybridized carbons (Fsp3) is 0.571. The highest BCUT2D eigenvalue weighted by atomic mass is 19.1. The molecule has 0 saturated carbocycles. The number of methoxy groups -OCH3 is 1. The molecule has 1 saturated heterocycles. The van der Waals surface area contributed by atoms with Crippen LogP contribution in [-0.4, -0.2) is 33.3 Å². The Balaban J connectivity index is 2.17. The van der Waals surface area contributed by atoms with Crippen LogP contribution in [0.2, 0.25) is 0 Å². The van der Waals surface area contributed by atoms with Crippen molar-refractivity contribution < 1.29 is 9.13 Å². The lowest BCUT2D eigenvalue weighted by Crippen LogP contribution is -2.38. The second-order valence-corrected chi connectivity index (χ2v) is 4.93. The summed E-state index contributed by atoms with van der Waals surface area (Å²) in [6.07, 6.45) is 1.10. The minimum absolute atomic E-state index is 0.303. The monoisotopic (exact) mass is 252 g/mol. The van der Waals surface area contributed by atoms with Crippen molar-refractivity contribution in [3.63, 3.8) is 0 Å². The molecule has 2 rings (SSSR count). The van der Waals surface area contributed by atoms with Crippen molar-refractivity contribution in [3.05, 3.63) is 24.0 Å². The van der Waals surface area contributed by atoms with Crippen LogP contribution in [0.15, 0.2) is 18.2 Å². The van der Waals surface area contributed by atoms with Gasteiger partial charge in [0.15, 0.2) is 11.6 Å². The number of rotatable bonds is 2. The second-order valence-electron chi connectivity index (χ2n) is 4.93. The zero-order chi connectivity index (χ0) is 13.0. The van der Waals surface area contributed by atoms with Crippen LogP contribution < -0.4 is 15.0 Å². The molecule has 1 aliphatic rings. The van der Waals surface area contributed by atoms with Gasteiger partial charge in [-0.3, -0.25) is 0 Å². The average molecular weight is 252 g/mol. The summed E-state index contributed by atoms with van der Waals surface area (Å²) in [5.41, 5.74) is 1.04. The Morgan fingerprint density at radius 1 is 1.44 bits per heavy atom. The molecule has 0 bridgehead atoms. The zero-order valence-corrected chi connectivity index (χ0v) is 11.1. The largest absolute Gasteiger partial charge is 0.494 e. The maximum Gasteiger partial charge on any atom is 0.165 e. The summed E-state index contributed by atoms with van der Waals surface area (Å²) in [4.78, 5) is 2.31. The van der Waals surface area contributed by atoms with Crippen LogP contribution in [0, 0.1) is 11.7 Å². The van der Waals surface area contributed by atoms with Crippen LogP contribution in [0.1, 0.15) is 13.3 Å². The van der Waals surface area contributed by atoms with Crippen molar-refractivity contribution in [3.8, 4) is 5.75 Å². The molecular weight excluding hydrogens is 231 g/mol. The lowest BCUT2D eigenvalue weighted by Gasteiger charge is -2.30. The predicted octanol–water partition coefficient (Wildman–Crippen LogP) is 2.27. The van der Waals surface area contributed by atoms with Gasteiger partial charge in [0.1, 0.15) is 0 Å². The Morgan fingerprint density at radius 3 is 3.06 bits per heavy atom. The minimum Gasteiger partial charge on any atom is -0.494 e. The van der Waals surface area contributed by atoms with Crippen LogP contribution in [0.25, 0.3) is 0 Å². The Bertz CT molecular complexity index is 397. The Morgan fingerprint density at radius 2 is 2.28 bits per heavy atom. The van der Waals surface area contributed by atoms with Crippen molar-refractivity contribution in [1.82, 2.24) is 5.32 Å². The molecule has 4 heteroatoms. The number of nitrogens with one attached hydrogen (secondary N) is 1. The number of hydrogen-bond donors (Lipinski definition) is 1. The van der Waals surface area contributed by atoms with Crippen LogP contribution in [0.4, 0.5) is 10.1 Å². The fourth-order valence-electron chi connectivity index (χ4n) is 2.36. The molecular formula is C14H21FN2O. The predicted molar refractivity (Wildman–Crippen MR) is 71.8 cm³/mol. The number of ether oxygens (including phenoxy) is 1. The molecule has 100 valence electrons. The molecule has 1 fully saturated rings. The van der Waals surface area contributed by atoms with Crippen LogP contribution in [0.5, 0.6) is 5.75 Å². The number of anilines is 1. The van der Waals surface area contributed by atoms with Gasteiger partial charge in [-0.15, -0.1) is 0 Å². The molecule has 0 amide bonds. The second kappa shape index (κ2) is 6.05. The van der Waals surface area contributed by atoms with E-state index in [-0.39, 0.29) is 5.82 Å². The first-order valence-electron chi connectivity index (χ1n) is 6.50. The molecule has 1 atom stereocenters. The van der Waals surface area contributed by atoms with E-state index in [0.717, 1.165) is 38.3 Å². The summed E-state index contributed by atoms with van der Waals surface area (Å²) in [5, 5.41) is 3.43. The Labute approximate surface area is 108 Å². The maximum atomic E-state index is 13.4. The van der Waals surface area contributed by atoms with Gasteiger partial charge in [-0.2, -0.15) is 0 Å². The topological polar surface area (TPSA) is 24.5 Å². The van der Waals surface area contributed by atoms with Gasteiger partial charge in [-0.25, -0.2) is 4.39 Å². The normalized spacial score (nSPS) is 21.3. The Hall–Kier alpha value is -1.29. The van der Waals surface area contributed by atoms with Crippen LogP contribution >= 0.6 is 0 Å². The SMILES string of the molecule is COc1cc(N2CCCNCC(C)C2)ccc1F. The van der Waals surface area contributed by atoms with E-state index in [1.165, 1.54) is 13.2 Å². The van der Waals surface area contributed by atoms with Crippen molar-refractivity contribution in [2.75, 3.05) is 38.2 Å². The van der Waals surface area contributed by atoms with E-state index in [9.17, 15) is 4.39 Å². The lowest BCUT2D eigenvalue weighted by atomic mass is 10.1. The first-order valence-corrected chi connectivity index (χ1v) is 6.50. The van der Waals surface area contributed by atoms with Gasteiger partial charge in [0.05, 0.1) is 7.11 Å². The molecule has 1 unspecified atom stereocenters.